The van der Waals surface area contributed by atoms with Gasteiger partial charge in [-0.1, -0.05) is 0 Å². The molecule has 0 fully saturated rings. The van der Waals surface area contributed by atoms with E-state index < -0.39 is 0 Å². The van der Waals surface area contributed by atoms with Crippen LogP contribution in [0, 0.1) is 0 Å². The number of rotatable bonds is 4. The van der Waals surface area contributed by atoms with Gasteiger partial charge in [-0.3, -0.25) is 0 Å². The quantitative estimate of drug-likeness (QED) is 0.850. The average Bonchev–Trinajstić information content (AvgIpc) is 2.71. The van der Waals surface area contributed by atoms with Crippen LogP contribution in [0.3, 0.4) is 0 Å². The molecule has 1 unspecified atom stereocenters. The molecule has 2 heterocycles. The highest BCUT2D eigenvalue weighted by Crippen LogP contribution is 2.19. The van der Waals surface area contributed by atoms with E-state index in [2.05, 4.69) is 34.1 Å². The van der Waals surface area contributed by atoms with E-state index in [9.17, 15) is 0 Å². The van der Waals surface area contributed by atoms with Crippen molar-refractivity contribution in [1.29, 1.82) is 0 Å². The summed E-state index contributed by atoms with van der Waals surface area (Å²) in [7, 11) is 3.62. The van der Waals surface area contributed by atoms with Crippen molar-refractivity contribution in [3.05, 3.63) is 24.5 Å². The summed E-state index contributed by atoms with van der Waals surface area (Å²) in [5.41, 5.74) is 1.00. The maximum absolute atomic E-state index is 5.15. The zero-order valence-corrected chi connectivity index (χ0v) is 9.90. The van der Waals surface area contributed by atoms with E-state index in [-0.39, 0.29) is 0 Å². The number of hydrogen-bond acceptors (Lipinski definition) is 3. The Morgan fingerprint density at radius 2 is 2.38 bits per heavy atom. The molecule has 0 aliphatic rings. The first kappa shape index (κ1) is 11.0. The number of methoxy groups -OCH3 is 1. The van der Waals surface area contributed by atoms with E-state index >= 15 is 0 Å². The molecule has 0 aliphatic carbocycles. The molecule has 2 rings (SSSR count). The van der Waals surface area contributed by atoms with E-state index in [4.69, 9.17) is 4.74 Å². The Morgan fingerprint density at radius 1 is 1.56 bits per heavy atom. The molecular formula is C12H17N3O. The Morgan fingerprint density at radius 3 is 3.06 bits per heavy atom. The zero-order chi connectivity index (χ0) is 11.5. The summed E-state index contributed by atoms with van der Waals surface area (Å²) >= 11 is 0. The van der Waals surface area contributed by atoms with Gasteiger partial charge in [-0.2, -0.15) is 0 Å². The van der Waals surface area contributed by atoms with Crippen molar-refractivity contribution in [2.75, 3.05) is 14.2 Å². The number of hydrogen-bond donors (Lipinski definition) is 1. The third kappa shape index (κ3) is 2.02. The highest BCUT2D eigenvalue weighted by molar-refractivity contribution is 5.77. The van der Waals surface area contributed by atoms with Crippen LogP contribution in [0.4, 0.5) is 0 Å². The van der Waals surface area contributed by atoms with Gasteiger partial charge in [-0.15, -0.1) is 0 Å². The number of aromatic nitrogens is 2. The Bertz CT molecular complexity index is 478. The van der Waals surface area contributed by atoms with Gasteiger partial charge in [0.15, 0.2) is 0 Å². The lowest BCUT2D eigenvalue weighted by Gasteiger charge is -2.11. The highest BCUT2D eigenvalue weighted by Gasteiger charge is 2.06. The SMILES string of the molecule is CNC(C)Cn1ccc2cc(OC)cnc21. The summed E-state index contributed by atoms with van der Waals surface area (Å²) in [5, 5.41) is 4.33. The lowest BCUT2D eigenvalue weighted by molar-refractivity contribution is 0.413. The lowest BCUT2D eigenvalue weighted by Crippen LogP contribution is -2.26. The average molecular weight is 219 g/mol. The van der Waals surface area contributed by atoms with Crippen molar-refractivity contribution in [3.8, 4) is 5.75 Å². The van der Waals surface area contributed by atoms with Crippen molar-refractivity contribution in [2.45, 2.75) is 19.5 Å². The molecule has 0 spiro atoms. The summed E-state index contributed by atoms with van der Waals surface area (Å²) in [6.07, 6.45) is 3.81. The Balaban J connectivity index is 2.34. The molecule has 0 amide bonds. The molecule has 4 heteroatoms. The van der Waals surface area contributed by atoms with E-state index in [0.29, 0.717) is 6.04 Å². The number of fused-ring (bicyclic) bond motifs is 1. The van der Waals surface area contributed by atoms with Crippen LogP contribution in [0.5, 0.6) is 5.75 Å². The second-order valence-corrected chi connectivity index (χ2v) is 3.95. The summed E-state index contributed by atoms with van der Waals surface area (Å²) < 4.78 is 7.30. The van der Waals surface area contributed by atoms with Crippen molar-refractivity contribution in [3.63, 3.8) is 0 Å². The summed E-state index contributed by atoms with van der Waals surface area (Å²) in [6, 6.07) is 4.50. The Kier molecular flexibility index (Phi) is 3.10. The molecule has 4 nitrogen and oxygen atoms in total. The van der Waals surface area contributed by atoms with Gasteiger partial charge in [0.25, 0.3) is 0 Å². The van der Waals surface area contributed by atoms with Crippen molar-refractivity contribution >= 4 is 11.0 Å². The first-order valence-corrected chi connectivity index (χ1v) is 5.40. The Hall–Kier alpha value is -1.55. The van der Waals surface area contributed by atoms with Crippen LogP contribution in [-0.2, 0) is 6.54 Å². The molecule has 2 aromatic rings. The third-order valence-electron chi connectivity index (χ3n) is 2.78. The van der Waals surface area contributed by atoms with Gasteiger partial charge in [0.05, 0.1) is 13.3 Å². The van der Waals surface area contributed by atoms with Crippen molar-refractivity contribution < 1.29 is 4.74 Å². The van der Waals surface area contributed by atoms with Crippen LogP contribution in [0.2, 0.25) is 0 Å². The first-order valence-electron chi connectivity index (χ1n) is 5.40. The largest absolute Gasteiger partial charge is 0.495 e. The smallest absolute Gasteiger partial charge is 0.140 e. The minimum Gasteiger partial charge on any atom is -0.495 e. The van der Waals surface area contributed by atoms with Gasteiger partial charge in [0.2, 0.25) is 0 Å². The molecule has 16 heavy (non-hydrogen) atoms. The lowest BCUT2D eigenvalue weighted by atomic mass is 10.3. The fourth-order valence-electron chi connectivity index (χ4n) is 1.70. The fraction of sp³-hybridized carbons (Fsp3) is 0.417. The molecular weight excluding hydrogens is 202 g/mol. The van der Waals surface area contributed by atoms with Gasteiger partial charge in [0.1, 0.15) is 11.4 Å². The van der Waals surface area contributed by atoms with Gasteiger partial charge >= 0.3 is 0 Å². The van der Waals surface area contributed by atoms with Gasteiger partial charge < -0.3 is 14.6 Å². The van der Waals surface area contributed by atoms with Crippen LogP contribution in [-0.4, -0.2) is 29.8 Å². The Labute approximate surface area is 95.2 Å². The topological polar surface area (TPSA) is 39.1 Å². The number of nitrogens with zero attached hydrogens (tertiary/aromatic N) is 2. The van der Waals surface area contributed by atoms with Crippen LogP contribution in [0.15, 0.2) is 24.5 Å². The molecule has 1 N–H and O–H groups in total. The minimum atomic E-state index is 0.430. The number of nitrogens with one attached hydrogen (secondary N) is 1. The maximum Gasteiger partial charge on any atom is 0.140 e. The van der Waals surface area contributed by atoms with Crippen molar-refractivity contribution in [1.82, 2.24) is 14.9 Å². The van der Waals surface area contributed by atoms with E-state index in [0.717, 1.165) is 23.3 Å². The van der Waals surface area contributed by atoms with E-state index in [1.807, 2.05) is 13.1 Å². The normalized spacial score (nSPS) is 12.9. The molecule has 0 radical (unpaired) electrons. The predicted molar refractivity (Wildman–Crippen MR) is 64.8 cm³/mol. The monoisotopic (exact) mass is 219 g/mol. The zero-order valence-electron chi connectivity index (χ0n) is 9.90. The molecule has 86 valence electrons. The third-order valence-corrected chi connectivity index (χ3v) is 2.78. The van der Waals surface area contributed by atoms with Crippen LogP contribution >= 0.6 is 0 Å². The van der Waals surface area contributed by atoms with Crippen LogP contribution < -0.4 is 10.1 Å². The summed E-state index contributed by atoms with van der Waals surface area (Å²) in [4.78, 5) is 4.41. The van der Waals surface area contributed by atoms with E-state index in [1.54, 1.807) is 13.3 Å². The second-order valence-electron chi connectivity index (χ2n) is 3.95. The fourth-order valence-corrected chi connectivity index (χ4v) is 1.70. The van der Waals surface area contributed by atoms with E-state index in [1.165, 1.54) is 0 Å². The molecule has 0 aliphatic heterocycles. The summed E-state index contributed by atoms with van der Waals surface area (Å²) in [5.74, 6) is 0.798. The molecule has 2 aromatic heterocycles. The highest BCUT2D eigenvalue weighted by atomic mass is 16.5. The van der Waals surface area contributed by atoms with Crippen molar-refractivity contribution in [2.24, 2.45) is 0 Å². The van der Waals surface area contributed by atoms with Crippen LogP contribution in [0.1, 0.15) is 6.92 Å². The van der Waals surface area contributed by atoms with Gasteiger partial charge in [-0.05, 0) is 26.1 Å². The molecule has 0 aromatic carbocycles. The number of likely N-dealkylation sites (N-methyl/N-ethyl adjacent to an activating group) is 1. The molecule has 0 saturated heterocycles. The number of ether oxygens (including phenoxy) is 1. The second kappa shape index (κ2) is 4.53. The number of pyridine rings is 1. The predicted octanol–water partition coefficient (Wildman–Crippen LogP) is 1.65. The molecule has 0 saturated carbocycles. The van der Waals surface area contributed by atoms with Crippen LogP contribution in [0.25, 0.3) is 11.0 Å². The van der Waals surface area contributed by atoms with Gasteiger partial charge in [0, 0.05) is 24.2 Å². The first-order chi connectivity index (χ1) is 7.74. The minimum absolute atomic E-state index is 0.430. The summed E-state index contributed by atoms with van der Waals surface area (Å²) in [6.45, 7) is 3.06. The maximum atomic E-state index is 5.15. The molecule has 1 atom stereocenters. The van der Waals surface area contributed by atoms with Gasteiger partial charge in [-0.25, -0.2) is 4.98 Å². The molecule has 0 bridgehead atoms. The standard InChI is InChI=1S/C12H17N3O/c1-9(13-2)8-15-5-4-10-6-11(16-3)7-14-12(10)15/h4-7,9,13H,8H2,1-3H3.